The molecule has 0 amide bonds. The number of nitrogens with zero attached hydrogens (tertiary/aromatic N) is 1. The zero-order valence-electron chi connectivity index (χ0n) is 13.1. The highest BCUT2D eigenvalue weighted by atomic mass is 16.5. The van der Waals surface area contributed by atoms with Crippen molar-refractivity contribution in [3.05, 3.63) is 29.8 Å². The van der Waals surface area contributed by atoms with Gasteiger partial charge in [0.2, 0.25) is 0 Å². The van der Waals surface area contributed by atoms with Crippen molar-refractivity contribution in [3.63, 3.8) is 0 Å². The van der Waals surface area contributed by atoms with Gasteiger partial charge in [0.25, 0.3) is 0 Å². The van der Waals surface area contributed by atoms with Crippen molar-refractivity contribution in [1.82, 2.24) is 10.2 Å². The fraction of sp³-hybridized carbons (Fsp3) is 0.647. The van der Waals surface area contributed by atoms with Gasteiger partial charge in [0, 0.05) is 18.6 Å². The molecule has 1 N–H and O–H groups in total. The lowest BCUT2D eigenvalue weighted by Crippen LogP contribution is -2.49. The number of rotatable bonds is 7. The number of benzene rings is 1. The van der Waals surface area contributed by atoms with Gasteiger partial charge in [-0.25, -0.2) is 0 Å². The zero-order valence-corrected chi connectivity index (χ0v) is 13.1. The van der Waals surface area contributed by atoms with Crippen LogP contribution in [-0.4, -0.2) is 37.7 Å². The molecule has 1 aliphatic rings. The predicted octanol–water partition coefficient (Wildman–Crippen LogP) is 3.05. The van der Waals surface area contributed by atoms with Crippen LogP contribution in [0.3, 0.4) is 0 Å². The first kappa shape index (κ1) is 15.3. The fourth-order valence-corrected chi connectivity index (χ4v) is 3.12. The molecular formula is C17H28N2O. The van der Waals surface area contributed by atoms with E-state index in [1.807, 2.05) is 6.92 Å². The Morgan fingerprint density at radius 3 is 2.35 bits per heavy atom. The number of hydrogen-bond acceptors (Lipinski definition) is 3. The molecule has 1 aromatic carbocycles. The Bertz CT molecular complexity index is 394. The third-order valence-corrected chi connectivity index (χ3v) is 4.50. The van der Waals surface area contributed by atoms with Crippen LogP contribution in [0.1, 0.15) is 38.2 Å². The van der Waals surface area contributed by atoms with E-state index < -0.39 is 0 Å². The maximum Gasteiger partial charge on any atom is 0.119 e. The average Bonchev–Trinajstić information content (AvgIpc) is 2.91. The summed E-state index contributed by atoms with van der Waals surface area (Å²) in [7, 11) is 4.42. The van der Waals surface area contributed by atoms with Crippen LogP contribution < -0.4 is 10.1 Å². The van der Waals surface area contributed by atoms with Gasteiger partial charge in [-0.3, -0.25) is 0 Å². The molecule has 0 bridgehead atoms. The Labute approximate surface area is 123 Å². The molecule has 0 saturated heterocycles. The van der Waals surface area contributed by atoms with E-state index in [1.165, 1.54) is 31.2 Å². The Hall–Kier alpha value is -1.06. The number of hydrogen-bond donors (Lipinski definition) is 1. The summed E-state index contributed by atoms with van der Waals surface area (Å²) in [6.07, 6.45) is 5.36. The van der Waals surface area contributed by atoms with Gasteiger partial charge in [-0.05, 0) is 51.6 Å². The van der Waals surface area contributed by atoms with Crippen molar-refractivity contribution >= 4 is 0 Å². The van der Waals surface area contributed by atoms with Crippen LogP contribution in [0.15, 0.2) is 24.3 Å². The van der Waals surface area contributed by atoms with E-state index >= 15 is 0 Å². The summed E-state index contributed by atoms with van der Waals surface area (Å²) in [6.45, 7) is 4.75. The second-order valence-electron chi connectivity index (χ2n) is 6.01. The van der Waals surface area contributed by atoms with E-state index in [0.717, 1.165) is 25.4 Å². The maximum atomic E-state index is 5.47. The van der Waals surface area contributed by atoms with Gasteiger partial charge in [0.05, 0.1) is 6.61 Å². The summed E-state index contributed by atoms with van der Waals surface area (Å²) < 4.78 is 5.47. The summed E-state index contributed by atoms with van der Waals surface area (Å²) >= 11 is 0. The third kappa shape index (κ3) is 3.74. The second kappa shape index (κ2) is 7.09. The summed E-state index contributed by atoms with van der Waals surface area (Å²) in [6, 6.07) is 8.40. The molecule has 0 heterocycles. The van der Waals surface area contributed by atoms with Crippen LogP contribution in [-0.2, 0) is 6.54 Å². The van der Waals surface area contributed by atoms with E-state index in [1.54, 1.807) is 0 Å². The van der Waals surface area contributed by atoms with Crippen molar-refractivity contribution in [1.29, 1.82) is 0 Å². The molecule has 2 rings (SSSR count). The molecular weight excluding hydrogens is 248 g/mol. The predicted molar refractivity (Wildman–Crippen MR) is 84.2 cm³/mol. The third-order valence-electron chi connectivity index (χ3n) is 4.50. The van der Waals surface area contributed by atoms with E-state index in [2.05, 4.69) is 48.6 Å². The van der Waals surface area contributed by atoms with Gasteiger partial charge in [0.15, 0.2) is 0 Å². The average molecular weight is 276 g/mol. The highest BCUT2D eigenvalue weighted by Gasteiger charge is 2.35. The normalized spacial score (nSPS) is 17.6. The van der Waals surface area contributed by atoms with E-state index in [-0.39, 0.29) is 0 Å². The first-order chi connectivity index (χ1) is 9.66. The topological polar surface area (TPSA) is 24.5 Å². The van der Waals surface area contributed by atoms with Crippen molar-refractivity contribution in [3.8, 4) is 5.75 Å². The highest BCUT2D eigenvalue weighted by Crippen LogP contribution is 2.33. The van der Waals surface area contributed by atoms with Crippen molar-refractivity contribution in [2.24, 2.45) is 0 Å². The number of ether oxygens (including phenoxy) is 1. The summed E-state index contributed by atoms with van der Waals surface area (Å²) in [4.78, 5) is 2.41. The van der Waals surface area contributed by atoms with Crippen LogP contribution in [0, 0.1) is 0 Å². The minimum absolute atomic E-state index is 0.366. The quantitative estimate of drug-likeness (QED) is 0.828. The van der Waals surface area contributed by atoms with Crippen LogP contribution >= 0.6 is 0 Å². The molecule has 0 unspecified atom stereocenters. The van der Waals surface area contributed by atoms with Crippen LogP contribution in [0.4, 0.5) is 0 Å². The maximum absolute atomic E-state index is 5.47. The lowest BCUT2D eigenvalue weighted by Gasteiger charge is -2.36. The molecule has 3 nitrogen and oxygen atoms in total. The van der Waals surface area contributed by atoms with Gasteiger partial charge in [-0.2, -0.15) is 0 Å². The van der Waals surface area contributed by atoms with Crippen molar-refractivity contribution in [2.75, 3.05) is 27.2 Å². The van der Waals surface area contributed by atoms with Gasteiger partial charge >= 0.3 is 0 Å². The zero-order chi connectivity index (χ0) is 14.4. The number of likely N-dealkylation sites (N-methyl/N-ethyl adjacent to an activating group) is 1. The molecule has 0 aliphatic heterocycles. The van der Waals surface area contributed by atoms with E-state index in [9.17, 15) is 0 Å². The standard InChI is InChI=1S/C17H28N2O/c1-4-20-16-9-7-15(8-10-16)13-18-14-17(19(2)3)11-5-6-12-17/h7-10,18H,4-6,11-14H2,1-3H3. The lowest BCUT2D eigenvalue weighted by molar-refractivity contribution is 0.153. The molecule has 3 heteroatoms. The van der Waals surface area contributed by atoms with Crippen LogP contribution in [0.25, 0.3) is 0 Å². The second-order valence-corrected chi connectivity index (χ2v) is 6.01. The summed E-state index contributed by atoms with van der Waals surface area (Å²) in [5.41, 5.74) is 1.69. The Kier molecular flexibility index (Phi) is 5.44. The molecule has 0 aromatic heterocycles. The Balaban J connectivity index is 1.82. The van der Waals surface area contributed by atoms with Crippen LogP contribution in [0.5, 0.6) is 5.75 Å². The van der Waals surface area contributed by atoms with E-state index in [4.69, 9.17) is 4.74 Å². The van der Waals surface area contributed by atoms with E-state index in [0.29, 0.717) is 5.54 Å². The number of nitrogens with one attached hydrogen (secondary N) is 1. The smallest absolute Gasteiger partial charge is 0.119 e. The minimum atomic E-state index is 0.366. The molecule has 1 aliphatic carbocycles. The fourth-order valence-electron chi connectivity index (χ4n) is 3.12. The minimum Gasteiger partial charge on any atom is -0.494 e. The molecule has 0 radical (unpaired) electrons. The SMILES string of the molecule is CCOc1ccc(CNCC2(N(C)C)CCCC2)cc1. The van der Waals surface area contributed by atoms with Gasteiger partial charge in [-0.1, -0.05) is 25.0 Å². The first-order valence-electron chi connectivity index (χ1n) is 7.76. The van der Waals surface area contributed by atoms with Crippen molar-refractivity contribution in [2.45, 2.75) is 44.7 Å². The van der Waals surface area contributed by atoms with Gasteiger partial charge in [-0.15, -0.1) is 0 Å². The van der Waals surface area contributed by atoms with Gasteiger partial charge in [0.1, 0.15) is 5.75 Å². The largest absolute Gasteiger partial charge is 0.494 e. The monoisotopic (exact) mass is 276 g/mol. The van der Waals surface area contributed by atoms with Crippen molar-refractivity contribution < 1.29 is 4.74 Å². The molecule has 0 spiro atoms. The van der Waals surface area contributed by atoms with Gasteiger partial charge < -0.3 is 15.0 Å². The Morgan fingerprint density at radius 2 is 1.80 bits per heavy atom. The molecule has 1 aromatic rings. The highest BCUT2D eigenvalue weighted by molar-refractivity contribution is 5.27. The Morgan fingerprint density at radius 1 is 1.15 bits per heavy atom. The lowest BCUT2D eigenvalue weighted by atomic mass is 9.96. The summed E-state index contributed by atoms with van der Waals surface area (Å²) in [5.74, 6) is 0.955. The molecule has 112 valence electrons. The van der Waals surface area contributed by atoms with Crippen LogP contribution in [0.2, 0.25) is 0 Å². The summed E-state index contributed by atoms with van der Waals surface area (Å²) in [5, 5.41) is 3.63. The molecule has 20 heavy (non-hydrogen) atoms. The molecule has 1 fully saturated rings. The molecule has 1 saturated carbocycles. The first-order valence-corrected chi connectivity index (χ1v) is 7.76. The molecule has 0 atom stereocenters.